The topological polar surface area (TPSA) is 37.3 Å². The molecule has 0 amide bonds. The molecule has 1 unspecified atom stereocenters. The SMILES string of the molecule is CC(C)(C)CC(C)(CC(=O)O)C(C)(C)C. The molecule has 0 aliphatic rings. The van der Waals surface area contributed by atoms with E-state index >= 15 is 0 Å². The monoisotopic (exact) mass is 214 g/mol. The van der Waals surface area contributed by atoms with Gasteiger partial charge in [-0.1, -0.05) is 48.5 Å². The molecule has 1 N–H and O–H groups in total. The zero-order valence-electron chi connectivity index (χ0n) is 11.3. The summed E-state index contributed by atoms with van der Waals surface area (Å²) in [7, 11) is 0. The van der Waals surface area contributed by atoms with Crippen molar-refractivity contribution in [2.24, 2.45) is 16.2 Å². The lowest BCUT2D eigenvalue weighted by Crippen LogP contribution is -2.38. The Balaban J connectivity index is 4.96. The summed E-state index contributed by atoms with van der Waals surface area (Å²) in [6.07, 6.45) is 1.17. The number of aliphatic carboxylic acids is 1. The van der Waals surface area contributed by atoms with Crippen LogP contribution in [0, 0.1) is 16.2 Å². The predicted molar refractivity (Wildman–Crippen MR) is 63.9 cm³/mol. The van der Waals surface area contributed by atoms with Crippen LogP contribution in [0.25, 0.3) is 0 Å². The zero-order valence-corrected chi connectivity index (χ0v) is 11.3. The van der Waals surface area contributed by atoms with Gasteiger partial charge in [0.05, 0.1) is 6.42 Å². The van der Waals surface area contributed by atoms with E-state index in [0.717, 1.165) is 6.42 Å². The minimum Gasteiger partial charge on any atom is -0.481 e. The maximum absolute atomic E-state index is 10.9. The van der Waals surface area contributed by atoms with Crippen LogP contribution in [0.15, 0.2) is 0 Å². The van der Waals surface area contributed by atoms with Crippen LogP contribution in [0.3, 0.4) is 0 Å². The Bertz CT molecular complexity index is 230. The molecular weight excluding hydrogens is 188 g/mol. The molecular formula is C13H26O2. The third-order valence-corrected chi connectivity index (χ3v) is 3.27. The third kappa shape index (κ3) is 4.67. The highest BCUT2D eigenvalue weighted by molar-refractivity contribution is 5.67. The molecule has 0 aromatic heterocycles. The maximum Gasteiger partial charge on any atom is 0.303 e. The molecule has 0 aliphatic heterocycles. The molecule has 15 heavy (non-hydrogen) atoms. The summed E-state index contributed by atoms with van der Waals surface area (Å²) in [5.41, 5.74) is 0.0211. The van der Waals surface area contributed by atoms with Gasteiger partial charge in [-0.25, -0.2) is 0 Å². The number of rotatable bonds is 3. The van der Waals surface area contributed by atoms with Crippen LogP contribution in [-0.4, -0.2) is 11.1 Å². The van der Waals surface area contributed by atoms with Crippen molar-refractivity contribution in [2.45, 2.75) is 61.3 Å². The second kappa shape index (κ2) is 4.15. The first-order chi connectivity index (χ1) is 6.37. The van der Waals surface area contributed by atoms with Crippen molar-refractivity contribution in [1.29, 1.82) is 0 Å². The summed E-state index contributed by atoms with van der Waals surface area (Å²) in [5, 5.41) is 9.01. The largest absolute Gasteiger partial charge is 0.481 e. The first-order valence-corrected chi connectivity index (χ1v) is 5.59. The van der Waals surface area contributed by atoms with Gasteiger partial charge in [0.1, 0.15) is 0 Å². The summed E-state index contributed by atoms with van der Waals surface area (Å²) in [5.74, 6) is -0.698. The smallest absolute Gasteiger partial charge is 0.303 e. The van der Waals surface area contributed by atoms with E-state index in [2.05, 4.69) is 48.5 Å². The Morgan fingerprint density at radius 3 is 1.60 bits per heavy atom. The summed E-state index contributed by atoms with van der Waals surface area (Å²) < 4.78 is 0. The van der Waals surface area contributed by atoms with E-state index in [0.29, 0.717) is 0 Å². The van der Waals surface area contributed by atoms with Gasteiger partial charge in [0, 0.05) is 0 Å². The van der Waals surface area contributed by atoms with Crippen molar-refractivity contribution in [3.8, 4) is 0 Å². The first-order valence-electron chi connectivity index (χ1n) is 5.59. The number of carboxylic acid groups (broad SMARTS) is 1. The van der Waals surface area contributed by atoms with Crippen LogP contribution < -0.4 is 0 Å². The lowest BCUT2D eigenvalue weighted by molar-refractivity contribution is -0.142. The Morgan fingerprint density at radius 1 is 1.00 bits per heavy atom. The first kappa shape index (κ1) is 14.5. The molecule has 0 aromatic rings. The summed E-state index contributed by atoms with van der Waals surface area (Å²) in [4.78, 5) is 10.9. The summed E-state index contributed by atoms with van der Waals surface area (Å²) >= 11 is 0. The fraction of sp³-hybridized carbons (Fsp3) is 0.923. The van der Waals surface area contributed by atoms with Gasteiger partial charge >= 0.3 is 5.97 Å². The molecule has 0 saturated heterocycles. The van der Waals surface area contributed by atoms with Crippen LogP contribution >= 0.6 is 0 Å². The van der Waals surface area contributed by atoms with Crippen molar-refractivity contribution >= 4 is 5.97 Å². The highest BCUT2D eigenvalue weighted by Gasteiger charge is 2.41. The quantitative estimate of drug-likeness (QED) is 0.772. The molecule has 0 bridgehead atoms. The predicted octanol–water partition coefficient (Wildman–Crippen LogP) is 3.95. The second-order valence-electron chi connectivity index (χ2n) is 7.12. The summed E-state index contributed by atoms with van der Waals surface area (Å²) in [6, 6.07) is 0. The average Bonchev–Trinajstić information content (AvgIpc) is 1.75. The highest BCUT2D eigenvalue weighted by atomic mass is 16.4. The maximum atomic E-state index is 10.9. The van der Waals surface area contributed by atoms with Crippen molar-refractivity contribution in [3.63, 3.8) is 0 Å². The molecule has 0 rings (SSSR count). The van der Waals surface area contributed by atoms with Crippen molar-refractivity contribution < 1.29 is 9.90 Å². The number of hydrogen-bond acceptors (Lipinski definition) is 1. The second-order valence-corrected chi connectivity index (χ2v) is 7.12. The normalized spacial score (nSPS) is 17.3. The fourth-order valence-electron chi connectivity index (χ4n) is 2.10. The van der Waals surface area contributed by atoms with E-state index in [1.165, 1.54) is 0 Å². The van der Waals surface area contributed by atoms with Crippen molar-refractivity contribution in [2.75, 3.05) is 0 Å². The highest BCUT2D eigenvalue weighted by Crippen LogP contribution is 2.48. The Morgan fingerprint density at radius 2 is 1.40 bits per heavy atom. The molecule has 1 atom stereocenters. The van der Waals surface area contributed by atoms with E-state index in [1.54, 1.807) is 0 Å². The molecule has 0 fully saturated rings. The summed E-state index contributed by atoms with van der Waals surface area (Å²) in [6.45, 7) is 15.0. The molecule has 0 heterocycles. The van der Waals surface area contributed by atoms with Gasteiger partial charge < -0.3 is 5.11 Å². The van der Waals surface area contributed by atoms with Gasteiger partial charge in [0.25, 0.3) is 0 Å². The van der Waals surface area contributed by atoms with Gasteiger partial charge in [-0.15, -0.1) is 0 Å². The zero-order chi connectivity index (χ0) is 12.5. The van der Waals surface area contributed by atoms with E-state index < -0.39 is 5.97 Å². The van der Waals surface area contributed by atoms with Crippen LogP contribution in [0.4, 0.5) is 0 Å². The lowest BCUT2D eigenvalue weighted by Gasteiger charge is -2.45. The van der Waals surface area contributed by atoms with Gasteiger partial charge in [0.2, 0.25) is 0 Å². The van der Waals surface area contributed by atoms with E-state index in [1.807, 2.05) is 0 Å². The molecule has 0 saturated carbocycles. The van der Waals surface area contributed by atoms with Gasteiger partial charge in [-0.3, -0.25) is 4.79 Å². The van der Waals surface area contributed by atoms with Gasteiger partial charge in [0.15, 0.2) is 0 Å². The number of carboxylic acids is 1. The van der Waals surface area contributed by atoms with Gasteiger partial charge in [-0.2, -0.15) is 0 Å². The van der Waals surface area contributed by atoms with E-state index in [-0.39, 0.29) is 22.7 Å². The Kier molecular flexibility index (Phi) is 4.00. The standard InChI is InChI=1S/C13H26O2/c1-11(2,3)9-13(7,8-10(14)15)12(4,5)6/h8-9H2,1-7H3,(H,14,15). The Hall–Kier alpha value is -0.530. The Labute approximate surface area is 94.1 Å². The van der Waals surface area contributed by atoms with E-state index in [9.17, 15) is 4.79 Å². The molecule has 0 aliphatic carbocycles. The minimum atomic E-state index is -0.698. The lowest BCUT2D eigenvalue weighted by atomic mass is 9.60. The van der Waals surface area contributed by atoms with Gasteiger partial charge in [-0.05, 0) is 22.7 Å². The number of hydrogen-bond donors (Lipinski definition) is 1. The molecule has 0 aromatic carbocycles. The minimum absolute atomic E-state index is 0.0126. The van der Waals surface area contributed by atoms with Crippen LogP contribution in [0.5, 0.6) is 0 Å². The van der Waals surface area contributed by atoms with Crippen LogP contribution in [0.1, 0.15) is 61.3 Å². The average molecular weight is 214 g/mol. The van der Waals surface area contributed by atoms with Crippen LogP contribution in [0.2, 0.25) is 0 Å². The van der Waals surface area contributed by atoms with E-state index in [4.69, 9.17) is 5.11 Å². The molecule has 2 heteroatoms. The molecule has 90 valence electrons. The third-order valence-electron chi connectivity index (χ3n) is 3.27. The van der Waals surface area contributed by atoms with Crippen LogP contribution in [-0.2, 0) is 4.79 Å². The molecule has 2 nitrogen and oxygen atoms in total. The molecule has 0 spiro atoms. The van der Waals surface area contributed by atoms with Crippen molar-refractivity contribution in [1.82, 2.24) is 0 Å². The molecule has 0 radical (unpaired) electrons. The van der Waals surface area contributed by atoms with Crippen molar-refractivity contribution in [3.05, 3.63) is 0 Å². The fourth-order valence-corrected chi connectivity index (χ4v) is 2.10. The number of carbonyl (C=O) groups is 1.